The Balaban J connectivity index is 1.62. The third kappa shape index (κ3) is 6.48. The Morgan fingerprint density at radius 2 is 1.83 bits per heavy atom. The van der Waals surface area contributed by atoms with Crippen LogP contribution in [0, 0.1) is 11.8 Å². The predicted molar refractivity (Wildman–Crippen MR) is 104 cm³/mol. The van der Waals surface area contributed by atoms with Gasteiger partial charge in [-0.1, -0.05) is 32.9 Å². The molecule has 0 radical (unpaired) electrons. The Bertz CT molecular complexity index is 476. The molecule has 1 fully saturated rings. The van der Waals surface area contributed by atoms with Crippen LogP contribution in [0.4, 0.5) is 5.69 Å². The number of likely N-dealkylation sites (tertiary alicyclic amines) is 1. The van der Waals surface area contributed by atoms with Gasteiger partial charge in [-0.15, -0.1) is 0 Å². The van der Waals surface area contributed by atoms with Gasteiger partial charge in [0.15, 0.2) is 5.11 Å². The van der Waals surface area contributed by atoms with Crippen molar-refractivity contribution in [3.63, 3.8) is 0 Å². The van der Waals surface area contributed by atoms with E-state index in [0.29, 0.717) is 0 Å². The first-order valence-electron chi connectivity index (χ1n) is 8.93. The lowest BCUT2D eigenvalue weighted by molar-refractivity contribution is 0.140. The van der Waals surface area contributed by atoms with Crippen LogP contribution in [0.5, 0.6) is 0 Å². The van der Waals surface area contributed by atoms with Crippen LogP contribution in [0.1, 0.15) is 39.2 Å². The molecular weight excluding hydrogens is 302 g/mol. The van der Waals surface area contributed by atoms with Crippen molar-refractivity contribution in [1.82, 2.24) is 10.2 Å². The zero-order chi connectivity index (χ0) is 16.7. The van der Waals surface area contributed by atoms with Gasteiger partial charge in [-0.25, -0.2) is 0 Å². The predicted octanol–water partition coefficient (Wildman–Crippen LogP) is 3.90. The van der Waals surface area contributed by atoms with E-state index in [1.165, 1.54) is 25.1 Å². The van der Waals surface area contributed by atoms with E-state index in [0.717, 1.165) is 48.6 Å². The molecule has 4 heteroatoms. The Labute approximate surface area is 146 Å². The molecule has 1 aliphatic heterocycles. The number of nitrogens with one attached hydrogen (secondary N) is 2. The molecule has 0 aliphatic carbocycles. The quantitative estimate of drug-likeness (QED) is 0.610. The number of benzene rings is 1. The molecule has 1 aromatic carbocycles. The van der Waals surface area contributed by atoms with Gasteiger partial charge in [0.1, 0.15) is 0 Å². The van der Waals surface area contributed by atoms with Crippen LogP contribution >= 0.6 is 12.2 Å². The molecule has 0 spiro atoms. The van der Waals surface area contributed by atoms with Gasteiger partial charge in [0.05, 0.1) is 0 Å². The lowest BCUT2D eigenvalue weighted by Crippen LogP contribution is -2.40. The molecule has 1 aliphatic rings. The number of hydrogen-bond donors (Lipinski definition) is 2. The molecule has 1 heterocycles. The second-order valence-electron chi connectivity index (χ2n) is 6.99. The maximum Gasteiger partial charge on any atom is 0.170 e. The molecule has 2 atom stereocenters. The standard InChI is InChI=1S/C19H31N3S/c1-4-17-6-8-18(9-7-17)21-19(23)20-10-5-11-22-13-15(2)12-16(3)14-22/h6-9,15-16H,4-5,10-14H2,1-3H3,(H2,20,21,23)/t15-,16-/m0/s1. The fraction of sp³-hybridized carbons (Fsp3) is 0.632. The Morgan fingerprint density at radius 3 is 2.43 bits per heavy atom. The fourth-order valence-corrected chi connectivity index (χ4v) is 3.70. The third-order valence-corrected chi connectivity index (χ3v) is 4.75. The minimum absolute atomic E-state index is 0.717. The van der Waals surface area contributed by atoms with E-state index in [1.807, 2.05) is 0 Å². The normalized spacial score (nSPS) is 21.9. The van der Waals surface area contributed by atoms with Crippen molar-refractivity contribution in [1.29, 1.82) is 0 Å². The van der Waals surface area contributed by atoms with E-state index in [9.17, 15) is 0 Å². The van der Waals surface area contributed by atoms with Crippen molar-refractivity contribution in [3.8, 4) is 0 Å². The Kier molecular flexibility index (Phi) is 7.31. The van der Waals surface area contributed by atoms with Crippen LogP contribution in [-0.4, -0.2) is 36.2 Å². The number of hydrogen-bond acceptors (Lipinski definition) is 2. The highest BCUT2D eigenvalue weighted by Crippen LogP contribution is 2.20. The van der Waals surface area contributed by atoms with E-state index in [2.05, 4.69) is 60.6 Å². The smallest absolute Gasteiger partial charge is 0.170 e. The maximum absolute atomic E-state index is 5.37. The SMILES string of the molecule is CCc1ccc(NC(=S)NCCCN2C[C@@H](C)C[C@H](C)C2)cc1. The van der Waals surface area contributed by atoms with Gasteiger partial charge in [0, 0.05) is 25.3 Å². The summed E-state index contributed by atoms with van der Waals surface area (Å²) in [7, 11) is 0. The van der Waals surface area contributed by atoms with Crippen molar-refractivity contribution in [2.75, 3.05) is 31.5 Å². The summed E-state index contributed by atoms with van der Waals surface area (Å²) in [6.07, 6.45) is 3.58. The monoisotopic (exact) mass is 333 g/mol. The molecule has 0 bridgehead atoms. The number of nitrogens with zero attached hydrogens (tertiary/aromatic N) is 1. The number of piperidine rings is 1. The minimum Gasteiger partial charge on any atom is -0.362 e. The fourth-order valence-electron chi connectivity index (χ4n) is 3.48. The van der Waals surface area contributed by atoms with Crippen LogP contribution in [0.2, 0.25) is 0 Å². The van der Waals surface area contributed by atoms with E-state index < -0.39 is 0 Å². The van der Waals surface area contributed by atoms with Gasteiger partial charge in [-0.2, -0.15) is 0 Å². The first kappa shape index (κ1) is 18.2. The molecule has 128 valence electrons. The van der Waals surface area contributed by atoms with Gasteiger partial charge in [-0.3, -0.25) is 0 Å². The molecule has 3 nitrogen and oxygen atoms in total. The van der Waals surface area contributed by atoms with E-state index in [4.69, 9.17) is 12.2 Å². The number of anilines is 1. The van der Waals surface area contributed by atoms with Crippen molar-refractivity contribution >= 4 is 23.0 Å². The summed E-state index contributed by atoms with van der Waals surface area (Å²) in [6, 6.07) is 8.46. The second kappa shape index (κ2) is 9.24. The molecule has 0 saturated carbocycles. The van der Waals surface area contributed by atoms with Gasteiger partial charge in [-0.05, 0) is 67.6 Å². The summed E-state index contributed by atoms with van der Waals surface area (Å²) in [4.78, 5) is 2.60. The summed E-state index contributed by atoms with van der Waals surface area (Å²) in [5, 5.41) is 7.29. The molecule has 2 N–H and O–H groups in total. The van der Waals surface area contributed by atoms with Crippen LogP contribution in [0.25, 0.3) is 0 Å². The summed E-state index contributed by atoms with van der Waals surface area (Å²) in [5.41, 5.74) is 2.40. The summed E-state index contributed by atoms with van der Waals surface area (Å²) in [6.45, 7) is 11.5. The summed E-state index contributed by atoms with van der Waals surface area (Å²) in [5.74, 6) is 1.67. The molecule has 23 heavy (non-hydrogen) atoms. The molecule has 1 aromatic rings. The molecule has 0 amide bonds. The second-order valence-corrected chi connectivity index (χ2v) is 7.40. The molecule has 1 saturated heterocycles. The highest BCUT2D eigenvalue weighted by atomic mass is 32.1. The summed E-state index contributed by atoms with van der Waals surface area (Å²) < 4.78 is 0. The molecule has 0 unspecified atom stereocenters. The van der Waals surface area contributed by atoms with Gasteiger partial charge in [0.25, 0.3) is 0 Å². The van der Waals surface area contributed by atoms with Gasteiger partial charge >= 0.3 is 0 Å². The number of rotatable bonds is 6. The van der Waals surface area contributed by atoms with Crippen LogP contribution < -0.4 is 10.6 Å². The Hall–Kier alpha value is -1.13. The van der Waals surface area contributed by atoms with Crippen LogP contribution in [0.3, 0.4) is 0 Å². The zero-order valence-electron chi connectivity index (χ0n) is 14.8. The first-order chi connectivity index (χ1) is 11.1. The highest BCUT2D eigenvalue weighted by Gasteiger charge is 2.20. The number of thiocarbonyl (C=S) groups is 1. The minimum atomic E-state index is 0.717. The topological polar surface area (TPSA) is 27.3 Å². The zero-order valence-corrected chi connectivity index (χ0v) is 15.6. The van der Waals surface area contributed by atoms with Crippen molar-refractivity contribution < 1.29 is 0 Å². The van der Waals surface area contributed by atoms with Gasteiger partial charge in [0.2, 0.25) is 0 Å². The molecule has 0 aromatic heterocycles. The van der Waals surface area contributed by atoms with E-state index >= 15 is 0 Å². The molecular formula is C19H31N3S. The Morgan fingerprint density at radius 1 is 1.17 bits per heavy atom. The third-order valence-electron chi connectivity index (χ3n) is 4.50. The van der Waals surface area contributed by atoms with E-state index in [1.54, 1.807) is 0 Å². The highest BCUT2D eigenvalue weighted by molar-refractivity contribution is 7.80. The maximum atomic E-state index is 5.37. The van der Waals surface area contributed by atoms with E-state index in [-0.39, 0.29) is 0 Å². The van der Waals surface area contributed by atoms with Crippen molar-refractivity contribution in [2.24, 2.45) is 11.8 Å². The lowest BCUT2D eigenvalue weighted by Gasteiger charge is -2.34. The van der Waals surface area contributed by atoms with Crippen molar-refractivity contribution in [3.05, 3.63) is 29.8 Å². The largest absolute Gasteiger partial charge is 0.362 e. The summed E-state index contributed by atoms with van der Waals surface area (Å²) >= 11 is 5.37. The lowest BCUT2D eigenvalue weighted by atomic mass is 9.92. The van der Waals surface area contributed by atoms with Gasteiger partial charge < -0.3 is 15.5 Å². The number of aryl methyl sites for hydroxylation is 1. The first-order valence-corrected chi connectivity index (χ1v) is 9.33. The van der Waals surface area contributed by atoms with Crippen LogP contribution in [0.15, 0.2) is 24.3 Å². The average Bonchev–Trinajstić information content (AvgIpc) is 2.51. The molecule has 2 rings (SSSR count). The van der Waals surface area contributed by atoms with Crippen LogP contribution in [-0.2, 0) is 6.42 Å². The van der Waals surface area contributed by atoms with Crippen molar-refractivity contribution in [2.45, 2.75) is 40.0 Å². The average molecular weight is 334 g/mol.